The normalized spacial score (nSPS) is 15.7. The van der Waals surface area contributed by atoms with Crippen LogP contribution < -0.4 is 21.3 Å². The van der Waals surface area contributed by atoms with Gasteiger partial charge in [-0.25, -0.2) is 9.37 Å². The van der Waals surface area contributed by atoms with Crippen LogP contribution in [0, 0.1) is 12.7 Å². The molecule has 0 aliphatic carbocycles. The van der Waals surface area contributed by atoms with Gasteiger partial charge in [-0.15, -0.1) is 0 Å². The van der Waals surface area contributed by atoms with Crippen LogP contribution in [-0.2, 0) is 4.74 Å². The predicted molar refractivity (Wildman–Crippen MR) is 104 cm³/mol. The Balaban J connectivity index is 1.83. The third kappa shape index (κ3) is 4.40. The van der Waals surface area contributed by atoms with Gasteiger partial charge in [-0.05, 0) is 47.5 Å². The van der Waals surface area contributed by atoms with E-state index in [2.05, 4.69) is 36.5 Å². The molecule has 1 atom stereocenters. The van der Waals surface area contributed by atoms with Gasteiger partial charge in [-0.2, -0.15) is 4.98 Å². The third-order valence-electron chi connectivity index (χ3n) is 4.00. The minimum absolute atomic E-state index is 0.263. The van der Waals surface area contributed by atoms with Crippen LogP contribution in [0.25, 0.3) is 0 Å². The third-order valence-corrected chi connectivity index (χ3v) is 4.58. The SMILES string of the molecule is Cc1cc(N2CCOCC2)c(F)cc1Nc1ncc(Br)c(NC(C)N)n1. The molecule has 4 N–H and O–H groups in total. The number of halogens is 2. The summed E-state index contributed by atoms with van der Waals surface area (Å²) in [5.74, 6) is 0.643. The van der Waals surface area contributed by atoms with Crippen LogP contribution in [0.2, 0.25) is 0 Å². The van der Waals surface area contributed by atoms with Gasteiger partial charge < -0.3 is 26.0 Å². The first-order chi connectivity index (χ1) is 12.4. The molecule has 1 aromatic carbocycles. The van der Waals surface area contributed by atoms with E-state index in [-0.39, 0.29) is 12.0 Å². The number of benzene rings is 1. The molecule has 140 valence electrons. The lowest BCUT2D eigenvalue weighted by Gasteiger charge is -2.29. The van der Waals surface area contributed by atoms with Gasteiger partial charge in [0.05, 0.1) is 29.5 Å². The van der Waals surface area contributed by atoms with E-state index >= 15 is 0 Å². The highest BCUT2D eigenvalue weighted by Crippen LogP contribution is 2.29. The largest absolute Gasteiger partial charge is 0.378 e. The van der Waals surface area contributed by atoms with Crippen molar-refractivity contribution in [3.8, 4) is 0 Å². The molecule has 1 saturated heterocycles. The number of aryl methyl sites for hydroxylation is 1. The molecule has 7 nitrogen and oxygen atoms in total. The maximum atomic E-state index is 14.6. The first-order valence-electron chi connectivity index (χ1n) is 8.38. The highest BCUT2D eigenvalue weighted by Gasteiger charge is 2.17. The molecule has 0 bridgehead atoms. The van der Waals surface area contributed by atoms with E-state index in [1.807, 2.05) is 24.8 Å². The molecule has 1 unspecified atom stereocenters. The first-order valence-corrected chi connectivity index (χ1v) is 9.18. The molecule has 1 aliphatic heterocycles. The molecule has 0 amide bonds. The topological polar surface area (TPSA) is 88.3 Å². The molecule has 0 saturated carbocycles. The maximum absolute atomic E-state index is 14.6. The maximum Gasteiger partial charge on any atom is 0.229 e. The van der Waals surface area contributed by atoms with Crippen LogP contribution in [0.15, 0.2) is 22.8 Å². The van der Waals surface area contributed by atoms with E-state index in [0.717, 1.165) is 5.56 Å². The Morgan fingerprint density at radius 2 is 2.08 bits per heavy atom. The lowest BCUT2D eigenvalue weighted by molar-refractivity contribution is 0.122. The molecule has 26 heavy (non-hydrogen) atoms. The lowest BCUT2D eigenvalue weighted by Crippen LogP contribution is -2.36. The van der Waals surface area contributed by atoms with E-state index in [4.69, 9.17) is 10.5 Å². The summed E-state index contributed by atoms with van der Waals surface area (Å²) in [7, 11) is 0. The Kier molecular flexibility index (Phi) is 5.90. The fourth-order valence-electron chi connectivity index (χ4n) is 2.71. The average molecular weight is 425 g/mol. The van der Waals surface area contributed by atoms with Gasteiger partial charge in [0.15, 0.2) is 0 Å². The molecular formula is C17H22BrFN6O. The molecule has 0 spiro atoms. The van der Waals surface area contributed by atoms with Crippen molar-refractivity contribution in [3.05, 3.63) is 34.2 Å². The molecule has 2 heterocycles. The molecule has 3 rings (SSSR count). The number of ether oxygens (including phenoxy) is 1. The number of aromatic nitrogens is 2. The Morgan fingerprint density at radius 1 is 1.35 bits per heavy atom. The number of rotatable bonds is 5. The number of morpholine rings is 1. The highest BCUT2D eigenvalue weighted by molar-refractivity contribution is 9.10. The van der Waals surface area contributed by atoms with Crippen molar-refractivity contribution < 1.29 is 9.13 Å². The van der Waals surface area contributed by atoms with Crippen LogP contribution in [0.1, 0.15) is 12.5 Å². The zero-order chi connectivity index (χ0) is 18.7. The average Bonchev–Trinajstić information content (AvgIpc) is 2.61. The van der Waals surface area contributed by atoms with Crippen LogP contribution in [0.5, 0.6) is 0 Å². The molecular weight excluding hydrogens is 403 g/mol. The van der Waals surface area contributed by atoms with E-state index in [9.17, 15) is 4.39 Å². The van der Waals surface area contributed by atoms with Gasteiger partial charge in [-0.3, -0.25) is 0 Å². The molecule has 2 aromatic rings. The second kappa shape index (κ2) is 8.15. The van der Waals surface area contributed by atoms with Crippen molar-refractivity contribution >= 4 is 39.1 Å². The summed E-state index contributed by atoms with van der Waals surface area (Å²) in [5, 5.41) is 6.10. The van der Waals surface area contributed by atoms with Crippen LogP contribution in [-0.4, -0.2) is 42.4 Å². The quantitative estimate of drug-likeness (QED) is 0.635. The van der Waals surface area contributed by atoms with E-state index < -0.39 is 0 Å². The Hall–Kier alpha value is -1.97. The second-order valence-corrected chi connectivity index (χ2v) is 7.02. The summed E-state index contributed by atoms with van der Waals surface area (Å²) in [4.78, 5) is 10.6. The highest BCUT2D eigenvalue weighted by atomic mass is 79.9. The minimum Gasteiger partial charge on any atom is -0.378 e. The number of anilines is 4. The molecule has 9 heteroatoms. The summed E-state index contributed by atoms with van der Waals surface area (Å²) in [6, 6.07) is 3.31. The van der Waals surface area contributed by atoms with Crippen molar-refractivity contribution in [2.75, 3.05) is 41.8 Å². The fourth-order valence-corrected chi connectivity index (χ4v) is 3.02. The summed E-state index contributed by atoms with van der Waals surface area (Å²) in [5.41, 5.74) is 7.86. The zero-order valence-corrected chi connectivity index (χ0v) is 16.3. The van der Waals surface area contributed by atoms with Gasteiger partial charge in [0.25, 0.3) is 0 Å². The number of nitrogens with zero attached hydrogens (tertiary/aromatic N) is 3. The number of nitrogens with one attached hydrogen (secondary N) is 2. The number of hydrogen-bond donors (Lipinski definition) is 3. The van der Waals surface area contributed by atoms with E-state index in [1.54, 1.807) is 6.20 Å². The lowest BCUT2D eigenvalue weighted by atomic mass is 10.1. The summed E-state index contributed by atoms with van der Waals surface area (Å²) < 4.78 is 20.7. The van der Waals surface area contributed by atoms with E-state index in [1.165, 1.54) is 6.07 Å². The Morgan fingerprint density at radius 3 is 2.77 bits per heavy atom. The molecule has 1 fully saturated rings. The molecule has 0 radical (unpaired) electrons. The van der Waals surface area contributed by atoms with Gasteiger partial charge >= 0.3 is 0 Å². The van der Waals surface area contributed by atoms with Crippen LogP contribution in [0.3, 0.4) is 0 Å². The monoisotopic (exact) mass is 424 g/mol. The summed E-state index contributed by atoms with van der Waals surface area (Å²) >= 11 is 3.38. The smallest absolute Gasteiger partial charge is 0.229 e. The van der Waals surface area contributed by atoms with Gasteiger partial charge in [0.1, 0.15) is 11.6 Å². The van der Waals surface area contributed by atoms with Gasteiger partial charge in [-0.1, -0.05) is 0 Å². The van der Waals surface area contributed by atoms with Gasteiger partial charge in [0.2, 0.25) is 5.95 Å². The first kappa shape index (κ1) is 18.8. The summed E-state index contributed by atoms with van der Waals surface area (Å²) in [6.45, 7) is 6.33. The van der Waals surface area contributed by atoms with Crippen molar-refractivity contribution in [1.29, 1.82) is 0 Å². The van der Waals surface area contributed by atoms with Crippen LogP contribution in [0.4, 0.5) is 27.5 Å². The Bertz CT molecular complexity index is 782. The minimum atomic E-state index is -0.286. The van der Waals surface area contributed by atoms with Crippen molar-refractivity contribution in [2.45, 2.75) is 20.0 Å². The van der Waals surface area contributed by atoms with Crippen molar-refractivity contribution in [1.82, 2.24) is 9.97 Å². The van der Waals surface area contributed by atoms with Crippen molar-refractivity contribution in [2.24, 2.45) is 5.73 Å². The zero-order valence-electron chi connectivity index (χ0n) is 14.7. The summed E-state index contributed by atoms with van der Waals surface area (Å²) in [6.07, 6.45) is 1.36. The number of hydrogen-bond acceptors (Lipinski definition) is 7. The Labute approximate surface area is 160 Å². The molecule has 1 aliphatic rings. The van der Waals surface area contributed by atoms with E-state index in [0.29, 0.717) is 53.9 Å². The van der Waals surface area contributed by atoms with Crippen molar-refractivity contribution in [3.63, 3.8) is 0 Å². The fraction of sp³-hybridized carbons (Fsp3) is 0.412. The predicted octanol–water partition coefficient (Wildman–Crippen LogP) is 2.98. The standard InChI is InChI=1S/C17H22BrFN6O/c1-10-7-15(25-3-5-26-6-4-25)13(19)8-14(10)23-17-21-9-12(18)16(24-17)22-11(2)20/h7-9,11H,3-6,20H2,1-2H3,(H2,21,22,23,24). The van der Waals surface area contributed by atoms with Crippen LogP contribution >= 0.6 is 15.9 Å². The van der Waals surface area contributed by atoms with Gasteiger partial charge in [0, 0.05) is 25.0 Å². The number of nitrogens with two attached hydrogens (primary N) is 1. The molecule has 1 aromatic heterocycles. The second-order valence-electron chi connectivity index (χ2n) is 6.17.